The second-order valence-corrected chi connectivity index (χ2v) is 7.74. The van der Waals surface area contributed by atoms with Crippen LogP contribution in [0.25, 0.3) is 0 Å². The summed E-state index contributed by atoms with van der Waals surface area (Å²) in [7, 11) is 0. The number of hydrogen-bond donors (Lipinski definition) is 1. The monoisotopic (exact) mass is 351 g/mol. The van der Waals surface area contributed by atoms with Crippen molar-refractivity contribution < 1.29 is 14.3 Å². The Kier molecular flexibility index (Phi) is 4.50. The molecule has 1 aliphatic heterocycles. The van der Waals surface area contributed by atoms with Crippen LogP contribution in [0.2, 0.25) is 4.34 Å². The van der Waals surface area contributed by atoms with Crippen molar-refractivity contribution in [2.24, 2.45) is 0 Å². The first-order valence-corrected chi connectivity index (χ1v) is 8.59. The van der Waals surface area contributed by atoms with Gasteiger partial charge in [0.2, 0.25) is 0 Å². The first-order chi connectivity index (χ1) is 11.0. The first-order valence-electron chi connectivity index (χ1n) is 7.39. The molecule has 2 heterocycles. The lowest BCUT2D eigenvalue weighted by atomic mass is 9.84. The fraction of sp³-hybridized carbons (Fsp3) is 0.353. The van der Waals surface area contributed by atoms with Crippen LogP contribution in [0.4, 0.5) is 0 Å². The van der Waals surface area contributed by atoms with Crippen molar-refractivity contribution in [3.8, 4) is 11.5 Å². The average molecular weight is 352 g/mol. The zero-order valence-electron chi connectivity index (χ0n) is 13.0. The normalized spacial score (nSPS) is 13.7. The molecule has 0 bridgehead atoms. The summed E-state index contributed by atoms with van der Waals surface area (Å²) in [5, 5.41) is 2.97. The summed E-state index contributed by atoms with van der Waals surface area (Å²) >= 11 is 7.15. The van der Waals surface area contributed by atoms with Gasteiger partial charge in [-0.05, 0) is 29.8 Å². The van der Waals surface area contributed by atoms with Gasteiger partial charge in [-0.3, -0.25) is 4.79 Å². The third-order valence-corrected chi connectivity index (χ3v) is 5.04. The molecule has 1 aromatic carbocycles. The van der Waals surface area contributed by atoms with Crippen molar-refractivity contribution in [1.29, 1.82) is 0 Å². The van der Waals surface area contributed by atoms with Crippen LogP contribution in [0.3, 0.4) is 0 Å². The molecule has 0 atom stereocenters. The van der Waals surface area contributed by atoms with E-state index in [-0.39, 0.29) is 11.3 Å². The maximum absolute atomic E-state index is 12.2. The standard InChI is InChI=1S/C17H18ClNO3S/c1-17(2,10-19-16(20)14-5-6-15(18)23-14)11-3-4-12-13(9-11)22-8-7-21-12/h3-6,9H,7-8,10H2,1-2H3,(H,19,20). The Balaban J connectivity index is 1.70. The van der Waals surface area contributed by atoms with Gasteiger partial charge in [0.05, 0.1) is 9.21 Å². The highest BCUT2D eigenvalue weighted by Crippen LogP contribution is 2.35. The molecule has 4 nitrogen and oxygen atoms in total. The molecule has 0 radical (unpaired) electrons. The molecule has 1 amide bonds. The Labute approximate surface area is 144 Å². The fourth-order valence-electron chi connectivity index (χ4n) is 2.39. The van der Waals surface area contributed by atoms with Crippen molar-refractivity contribution in [1.82, 2.24) is 5.32 Å². The third kappa shape index (κ3) is 3.62. The highest BCUT2D eigenvalue weighted by molar-refractivity contribution is 7.17. The van der Waals surface area contributed by atoms with Gasteiger partial charge in [0.25, 0.3) is 5.91 Å². The van der Waals surface area contributed by atoms with Crippen molar-refractivity contribution >= 4 is 28.8 Å². The minimum Gasteiger partial charge on any atom is -0.486 e. The lowest BCUT2D eigenvalue weighted by Crippen LogP contribution is -2.36. The van der Waals surface area contributed by atoms with Crippen LogP contribution in [0.5, 0.6) is 11.5 Å². The molecule has 3 rings (SSSR count). The summed E-state index contributed by atoms with van der Waals surface area (Å²) in [6, 6.07) is 9.39. The summed E-state index contributed by atoms with van der Waals surface area (Å²) in [5.74, 6) is 1.43. The maximum atomic E-state index is 12.2. The van der Waals surface area contributed by atoms with Crippen molar-refractivity contribution in [2.75, 3.05) is 19.8 Å². The summed E-state index contributed by atoms with van der Waals surface area (Å²) in [6.45, 7) is 5.82. The Morgan fingerprint density at radius 2 is 1.96 bits per heavy atom. The molecule has 0 fully saturated rings. The van der Waals surface area contributed by atoms with E-state index in [1.165, 1.54) is 11.3 Å². The van der Waals surface area contributed by atoms with Gasteiger partial charge in [-0.1, -0.05) is 31.5 Å². The zero-order chi connectivity index (χ0) is 16.4. The molecule has 1 N–H and O–H groups in total. The first kappa shape index (κ1) is 16.1. The van der Waals surface area contributed by atoms with Gasteiger partial charge >= 0.3 is 0 Å². The van der Waals surface area contributed by atoms with E-state index in [4.69, 9.17) is 21.1 Å². The SMILES string of the molecule is CC(C)(CNC(=O)c1ccc(Cl)s1)c1ccc2c(c1)OCCO2. The second kappa shape index (κ2) is 6.42. The maximum Gasteiger partial charge on any atom is 0.261 e. The van der Waals surface area contributed by atoms with Gasteiger partial charge < -0.3 is 14.8 Å². The Bertz CT molecular complexity index is 726. The number of fused-ring (bicyclic) bond motifs is 1. The average Bonchev–Trinajstić information content (AvgIpc) is 2.99. The number of halogens is 1. The second-order valence-electron chi connectivity index (χ2n) is 6.03. The number of hydrogen-bond acceptors (Lipinski definition) is 4. The van der Waals surface area contributed by atoms with E-state index >= 15 is 0 Å². The van der Waals surface area contributed by atoms with Gasteiger partial charge in [0, 0.05) is 12.0 Å². The van der Waals surface area contributed by atoms with Gasteiger partial charge in [-0.25, -0.2) is 0 Å². The molecule has 0 unspecified atom stereocenters. The van der Waals surface area contributed by atoms with Gasteiger partial charge in [-0.15, -0.1) is 11.3 Å². The Morgan fingerprint density at radius 3 is 2.65 bits per heavy atom. The van der Waals surface area contributed by atoms with E-state index in [0.29, 0.717) is 29.0 Å². The van der Waals surface area contributed by atoms with Gasteiger partial charge in [0.1, 0.15) is 13.2 Å². The number of thiophene rings is 1. The Morgan fingerprint density at radius 1 is 1.22 bits per heavy atom. The van der Waals surface area contributed by atoms with E-state index in [9.17, 15) is 4.79 Å². The zero-order valence-corrected chi connectivity index (χ0v) is 14.6. The number of carbonyl (C=O) groups excluding carboxylic acids is 1. The minimum atomic E-state index is -0.230. The van der Waals surface area contributed by atoms with Crippen LogP contribution >= 0.6 is 22.9 Å². The molecule has 1 aromatic heterocycles. The van der Waals surface area contributed by atoms with E-state index < -0.39 is 0 Å². The fourth-order valence-corrected chi connectivity index (χ4v) is 3.35. The number of rotatable bonds is 4. The highest BCUT2D eigenvalue weighted by atomic mass is 35.5. The van der Waals surface area contributed by atoms with Crippen molar-refractivity contribution in [3.63, 3.8) is 0 Å². The molecular formula is C17H18ClNO3S. The summed E-state index contributed by atoms with van der Waals surface area (Å²) in [5.41, 5.74) is 0.860. The quantitative estimate of drug-likeness (QED) is 0.909. The molecule has 2 aromatic rings. The smallest absolute Gasteiger partial charge is 0.261 e. The minimum absolute atomic E-state index is 0.104. The number of nitrogens with one attached hydrogen (secondary N) is 1. The van der Waals surface area contributed by atoms with Gasteiger partial charge in [-0.2, -0.15) is 0 Å². The number of amides is 1. The molecule has 122 valence electrons. The molecule has 0 aliphatic carbocycles. The predicted octanol–water partition coefficient (Wildman–Crippen LogP) is 3.88. The molecular weight excluding hydrogens is 334 g/mol. The van der Waals surface area contributed by atoms with E-state index in [1.54, 1.807) is 12.1 Å². The molecule has 0 spiro atoms. The van der Waals surface area contributed by atoms with E-state index in [2.05, 4.69) is 19.2 Å². The van der Waals surface area contributed by atoms with Crippen LogP contribution in [0, 0.1) is 0 Å². The highest BCUT2D eigenvalue weighted by Gasteiger charge is 2.24. The molecule has 0 saturated carbocycles. The summed E-state index contributed by atoms with van der Waals surface area (Å²) in [6.07, 6.45) is 0. The van der Waals surface area contributed by atoms with Crippen LogP contribution in [-0.4, -0.2) is 25.7 Å². The number of ether oxygens (including phenoxy) is 2. The molecule has 23 heavy (non-hydrogen) atoms. The van der Waals surface area contributed by atoms with Crippen molar-refractivity contribution in [2.45, 2.75) is 19.3 Å². The predicted molar refractivity (Wildman–Crippen MR) is 92.1 cm³/mol. The van der Waals surface area contributed by atoms with E-state index in [1.807, 2.05) is 18.2 Å². The van der Waals surface area contributed by atoms with Crippen LogP contribution < -0.4 is 14.8 Å². The summed E-state index contributed by atoms with van der Waals surface area (Å²) < 4.78 is 11.8. The van der Waals surface area contributed by atoms with Crippen LogP contribution in [0.15, 0.2) is 30.3 Å². The topological polar surface area (TPSA) is 47.6 Å². The van der Waals surface area contributed by atoms with Gasteiger partial charge in [0.15, 0.2) is 11.5 Å². The molecule has 1 aliphatic rings. The number of benzene rings is 1. The van der Waals surface area contributed by atoms with E-state index in [0.717, 1.165) is 17.1 Å². The third-order valence-electron chi connectivity index (χ3n) is 3.81. The molecule has 0 saturated heterocycles. The van der Waals surface area contributed by atoms with Crippen LogP contribution in [0.1, 0.15) is 29.1 Å². The molecule has 6 heteroatoms. The Hall–Kier alpha value is -1.72. The van der Waals surface area contributed by atoms with Crippen LogP contribution in [-0.2, 0) is 5.41 Å². The lowest BCUT2D eigenvalue weighted by molar-refractivity contribution is 0.0949. The largest absolute Gasteiger partial charge is 0.486 e. The van der Waals surface area contributed by atoms with Crippen molar-refractivity contribution in [3.05, 3.63) is 45.1 Å². The summed E-state index contributed by atoms with van der Waals surface area (Å²) in [4.78, 5) is 12.8. The lowest BCUT2D eigenvalue weighted by Gasteiger charge is -2.27. The number of carbonyl (C=O) groups is 1.